The molecule has 2 aromatic heterocycles. The first kappa shape index (κ1) is 28.9. The number of nitrogens with zero attached hydrogens (tertiary/aromatic N) is 3. The number of carbonyl (C=O) groups is 1. The molecule has 1 N–H and O–H groups in total. The number of hydrogen-bond donors (Lipinski definition) is 1. The highest BCUT2D eigenvalue weighted by Crippen LogP contribution is 2.45. The predicted molar refractivity (Wildman–Crippen MR) is 178 cm³/mol. The minimum absolute atomic E-state index is 0.142. The van der Waals surface area contributed by atoms with Crippen molar-refractivity contribution in [3.63, 3.8) is 0 Å². The molecular weight excluding hydrogens is 572 g/mol. The topological polar surface area (TPSA) is 70.2 Å². The summed E-state index contributed by atoms with van der Waals surface area (Å²) in [5.74, 6) is 0.411. The SMILES string of the molecule is CC(C)(C)[C@H]1CCc2c(sc(N=Cc3cn(Cc4ccccc4C#N)c4ccccc34)c2C(=O)Nc2ccc(Cl)cc2)C1. The molecule has 0 fully saturated rings. The summed E-state index contributed by atoms with van der Waals surface area (Å²) in [6.07, 6.45) is 6.84. The number of aromatic nitrogens is 1. The van der Waals surface area contributed by atoms with Crippen LogP contribution in [0.4, 0.5) is 10.7 Å². The van der Waals surface area contributed by atoms with Crippen molar-refractivity contribution in [2.45, 2.75) is 46.6 Å². The largest absolute Gasteiger partial charge is 0.342 e. The van der Waals surface area contributed by atoms with Crippen LogP contribution >= 0.6 is 22.9 Å². The van der Waals surface area contributed by atoms with Gasteiger partial charge in [0.05, 0.1) is 17.2 Å². The summed E-state index contributed by atoms with van der Waals surface area (Å²) in [7, 11) is 0. The van der Waals surface area contributed by atoms with Crippen molar-refractivity contribution >= 4 is 56.7 Å². The van der Waals surface area contributed by atoms with Crippen LogP contribution in [0.15, 0.2) is 84.0 Å². The molecule has 0 unspecified atom stereocenters. The Morgan fingerprint density at radius 1 is 1.12 bits per heavy atom. The van der Waals surface area contributed by atoms with Gasteiger partial charge in [-0.25, -0.2) is 4.99 Å². The summed E-state index contributed by atoms with van der Waals surface area (Å²) in [6, 6.07) is 25.4. The maximum absolute atomic E-state index is 13.8. The zero-order valence-corrected chi connectivity index (χ0v) is 26.1. The standard InChI is InChI=1S/C36H33ClN4OS/c1-36(2,3)26-12-17-30-32(18-26)43-35(33(30)34(42)40-28-15-13-27(37)14-16-28)39-20-25-22-41(31-11-7-6-10-29(25)31)21-24-9-5-4-8-23(24)19-38/h4-11,13-16,20,22,26H,12,17-18,21H2,1-3H3,(H,40,42)/t26-/m0/s1. The van der Waals surface area contributed by atoms with Gasteiger partial charge in [-0.05, 0) is 78.1 Å². The molecule has 0 spiro atoms. The van der Waals surface area contributed by atoms with E-state index >= 15 is 0 Å². The molecule has 0 bridgehead atoms. The Hall–Kier alpha value is -4.18. The lowest BCUT2D eigenvalue weighted by atomic mass is 9.72. The zero-order chi connectivity index (χ0) is 30.1. The third kappa shape index (κ3) is 6.01. The molecule has 0 saturated carbocycles. The molecule has 6 rings (SSSR count). The van der Waals surface area contributed by atoms with Crippen LogP contribution in [0, 0.1) is 22.7 Å². The molecular formula is C36H33ClN4OS. The number of aliphatic imine (C=N–C) groups is 1. The molecule has 5 nitrogen and oxygen atoms in total. The molecule has 0 aliphatic heterocycles. The summed E-state index contributed by atoms with van der Waals surface area (Å²) >= 11 is 7.71. The fourth-order valence-electron chi connectivity index (χ4n) is 5.95. The van der Waals surface area contributed by atoms with Crippen LogP contribution in [0.25, 0.3) is 10.9 Å². The van der Waals surface area contributed by atoms with Crippen LogP contribution in [0.3, 0.4) is 0 Å². The summed E-state index contributed by atoms with van der Waals surface area (Å²) < 4.78 is 2.16. The third-order valence-electron chi connectivity index (χ3n) is 8.42. The van der Waals surface area contributed by atoms with Crippen molar-refractivity contribution in [2.24, 2.45) is 16.3 Å². The van der Waals surface area contributed by atoms with E-state index in [0.29, 0.717) is 34.3 Å². The molecule has 43 heavy (non-hydrogen) atoms. The van der Waals surface area contributed by atoms with E-state index in [2.05, 4.69) is 55.1 Å². The normalized spacial score (nSPS) is 15.0. The van der Waals surface area contributed by atoms with Gasteiger partial charge in [-0.3, -0.25) is 4.79 Å². The number of fused-ring (bicyclic) bond motifs is 2. The van der Waals surface area contributed by atoms with Crippen LogP contribution < -0.4 is 5.32 Å². The van der Waals surface area contributed by atoms with Crippen molar-refractivity contribution in [2.75, 3.05) is 5.32 Å². The molecule has 0 saturated heterocycles. The first-order chi connectivity index (χ1) is 20.7. The molecule has 216 valence electrons. The number of anilines is 1. The number of carbonyl (C=O) groups excluding carboxylic acids is 1. The fourth-order valence-corrected chi connectivity index (χ4v) is 7.35. The smallest absolute Gasteiger partial charge is 0.259 e. The highest BCUT2D eigenvalue weighted by molar-refractivity contribution is 7.16. The van der Waals surface area contributed by atoms with E-state index in [1.165, 1.54) is 4.88 Å². The summed E-state index contributed by atoms with van der Waals surface area (Å²) in [5.41, 5.74) is 6.37. The van der Waals surface area contributed by atoms with Gasteiger partial charge in [-0.15, -0.1) is 11.3 Å². The zero-order valence-electron chi connectivity index (χ0n) is 24.5. The van der Waals surface area contributed by atoms with Crippen LogP contribution in [0.5, 0.6) is 0 Å². The van der Waals surface area contributed by atoms with Crippen molar-refractivity contribution in [3.8, 4) is 6.07 Å². The predicted octanol–water partition coefficient (Wildman–Crippen LogP) is 9.43. The van der Waals surface area contributed by atoms with Gasteiger partial charge in [0, 0.05) is 51.0 Å². The average molecular weight is 605 g/mol. The van der Waals surface area contributed by atoms with E-state index in [4.69, 9.17) is 16.6 Å². The van der Waals surface area contributed by atoms with E-state index in [1.807, 2.05) is 54.7 Å². The van der Waals surface area contributed by atoms with Crippen molar-refractivity contribution < 1.29 is 4.79 Å². The first-order valence-corrected chi connectivity index (χ1v) is 15.7. The Kier molecular flexibility index (Phi) is 7.96. The second kappa shape index (κ2) is 11.8. The van der Waals surface area contributed by atoms with E-state index in [1.54, 1.807) is 23.5 Å². The van der Waals surface area contributed by atoms with E-state index < -0.39 is 0 Å². The van der Waals surface area contributed by atoms with Gasteiger partial charge in [0.15, 0.2) is 0 Å². The van der Waals surface area contributed by atoms with E-state index in [9.17, 15) is 10.1 Å². The summed E-state index contributed by atoms with van der Waals surface area (Å²) in [4.78, 5) is 20.0. The Bertz CT molecular complexity index is 1890. The molecule has 1 atom stereocenters. The lowest BCUT2D eigenvalue weighted by Crippen LogP contribution is -2.27. The van der Waals surface area contributed by atoms with Crippen LogP contribution in [-0.4, -0.2) is 16.7 Å². The van der Waals surface area contributed by atoms with Gasteiger partial charge < -0.3 is 9.88 Å². The molecule has 1 amide bonds. The minimum Gasteiger partial charge on any atom is -0.342 e. The Morgan fingerprint density at radius 3 is 2.63 bits per heavy atom. The van der Waals surface area contributed by atoms with Crippen LogP contribution in [-0.2, 0) is 19.4 Å². The highest BCUT2D eigenvalue weighted by Gasteiger charge is 2.33. The quantitative estimate of drug-likeness (QED) is 0.196. The molecule has 1 aliphatic rings. The van der Waals surface area contributed by atoms with E-state index in [0.717, 1.165) is 51.9 Å². The van der Waals surface area contributed by atoms with Crippen molar-refractivity contribution in [1.82, 2.24) is 4.57 Å². The molecule has 0 radical (unpaired) electrons. The second-order valence-electron chi connectivity index (χ2n) is 12.2. The monoisotopic (exact) mass is 604 g/mol. The van der Waals surface area contributed by atoms with Gasteiger partial charge in [-0.2, -0.15) is 5.26 Å². The molecule has 3 aromatic carbocycles. The third-order valence-corrected chi connectivity index (χ3v) is 9.83. The first-order valence-electron chi connectivity index (χ1n) is 14.5. The van der Waals surface area contributed by atoms with E-state index in [-0.39, 0.29) is 11.3 Å². The van der Waals surface area contributed by atoms with Gasteiger partial charge in [0.25, 0.3) is 5.91 Å². The van der Waals surface area contributed by atoms with Gasteiger partial charge in [0.2, 0.25) is 0 Å². The highest BCUT2D eigenvalue weighted by atomic mass is 35.5. The van der Waals surface area contributed by atoms with Gasteiger partial charge in [0.1, 0.15) is 5.00 Å². The van der Waals surface area contributed by atoms with Gasteiger partial charge >= 0.3 is 0 Å². The van der Waals surface area contributed by atoms with Crippen molar-refractivity contribution in [3.05, 3.63) is 117 Å². The lowest BCUT2D eigenvalue weighted by molar-refractivity contribution is 0.102. The Labute approximate surface area is 261 Å². The summed E-state index contributed by atoms with van der Waals surface area (Å²) in [5, 5.41) is 15.1. The van der Waals surface area contributed by atoms with Crippen molar-refractivity contribution in [1.29, 1.82) is 5.26 Å². The molecule has 7 heteroatoms. The average Bonchev–Trinajstić information content (AvgIpc) is 3.54. The number of para-hydroxylation sites is 1. The number of nitriles is 1. The van der Waals surface area contributed by atoms with Crippen LogP contribution in [0.2, 0.25) is 5.02 Å². The second-order valence-corrected chi connectivity index (χ2v) is 13.7. The Morgan fingerprint density at radius 2 is 1.86 bits per heavy atom. The number of halogens is 1. The number of hydrogen-bond acceptors (Lipinski definition) is 4. The summed E-state index contributed by atoms with van der Waals surface area (Å²) in [6.45, 7) is 7.48. The fraction of sp³-hybridized carbons (Fsp3) is 0.250. The molecule has 1 aliphatic carbocycles. The minimum atomic E-state index is -0.142. The number of rotatable bonds is 6. The number of thiophene rings is 1. The van der Waals surface area contributed by atoms with Crippen LogP contribution in [0.1, 0.15) is 64.7 Å². The maximum atomic E-state index is 13.8. The lowest BCUT2D eigenvalue weighted by Gasteiger charge is -2.33. The molecule has 5 aromatic rings. The number of benzene rings is 3. The molecule has 2 heterocycles. The number of nitrogens with one attached hydrogen (secondary N) is 1. The Balaban J connectivity index is 1.38. The maximum Gasteiger partial charge on any atom is 0.259 e. The van der Waals surface area contributed by atoms with Gasteiger partial charge in [-0.1, -0.05) is 68.8 Å². The number of amides is 1.